The number of nitrogen functional groups attached to an aromatic ring is 1. The predicted octanol–water partition coefficient (Wildman–Crippen LogP) is 3.17. The van der Waals surface area contributed by atoms with E-state index in [1.54, 1.807) is 7.11 Å². The van der Waals surface area contributed by atoms with Crippen LogP contribution in [0.25, 0.3) is 11.4 Å². The summed E-state index contributed by atoms with van der Waals surface area (Å²) in [6.45, 7) is 6.90. The second-order valence-corrected chi connectivity index (χ2v) is 5.89. The standard InChI is InChI=1S/C16H21N3O/c1-16(2,3)13-9-14(17)19-15(18-13)12-7-5-6-11(8-12)10-20-4/h5-9H,10H2,1-4H3,(H2,17,18,19). The molecule has 0 amide bonds. The van der Waals surface area contributed by atoms with E-state index in [2.05, 4.69) is 30.7 Å². The number of ether oxygens (including phenoxy) is 1. The summed E-state index contributed by atoms with van der Waals surface area (Å²) >= 11 is 0. The summed E-state index contributed by atoms with van der Waals surface area (Å²) in [5.74, 6) is 1.16. The Hall–Kier alpha value is -1.94. The minimum atomic E-state index is -0.0596. The average molecular weight is 271 g/mol. The molecule has 4 heteroatoms. The molecule has 0 aliphatic heterocycles. The summed E-state index contributed by atoms with van der Waals surface area (Å²) < 4.78 is 5.15. The van der Waals surface area contributed by atoms with Gasteiger partial charge in [0.05, 0.1) is 12.3 Å². The first-order valence-electron chi connectivity index (χ1n) is 6.63. The molecular formula is C16H21N3O. The molecule has 0 bridgehead atoms. The maximum absolute atomic E-state index is 5.91. The van der Waals surface area contributed by atoms with Crippen molar-refractivity contribution in [1.29, 1.82) is 0 Å². The van der Waals surface area contributed by atoms with Gasteiger partial charge in [-0.1, -0.05) is 39.0 Å². The molecule has 4 nitrogen and oxygen atoms in total. The number of nitrogens with zero attached hydrogens (tertiary/aromatic N) is 2. The predicted molar refractivity (Wildman–Crippen MR) is 81.3 cm³/mol. The number of rotatable bonds is 3. The van der Waals surface area contributed by atoms with Crippen molar-refractivity contribution in [2.45, 2.75) is 32.8 Å². The lowest BCUT2D eigenvalue weighted by molar-refractivity contribution is 0.185. The van der Waals surface area contributed by atoms with Gasteiger partial charge in [0.1, 0.15) is 5.82 Å². The summed E-state index contributed by atoms with van der Waals surface area (Å²) in [5, 5.41) is 0. The van der Waals surface area contributed by atoms with Crippen LogP contribution in [0.1, 0.15) is 32.0 Å². The van der Waals surface area contributed by atoms with E-state index in [0.29, 0.717) is 18.2 Å². The molecular weight excluding hydrogens is 250 g/mol. The van der Waals surface area contributed by atoms with Gasteiger partial charge in [-0.25, -0.2) is 9.97 Å². The molecule has 0 atom stereocenters. The third kappa shape index (κ3) is 3.33. The fraction of sp³-hybridized carbons (Fsp3) is 0.375. The van der Waals surface area contributed by atoms with Crippen molar-refractivity contribution in [3.63, 3.8) is 0 Å². The smallest absolute Gasteiger partial charge is 0.161 e. The molecule has 20 heavy (non-hydrogen) atoms. The monoisotopic (exact) mass is 271 g/mol. The summed E-state index contributed by atoms with van der Waals surface area (Å²) in [6, 6.07) is 9.85. The summed E-state index contributed by atoms with van der Waals surface area (Å²) in [4.78, 5) is 8.99. The van der Waals surface area contributed by atoms with E-state index in [9.17, 15) is 0 Å². The Morgan fingerprint density at radius 1 is 1.15 bits per heavy atom. The number of hydrogen-bond acceptors (Lipinski definition) is 4. The summed E-state index contributed by atoms with van der Waals surface area (Å²) in [5.41, 5.74) is 8.84. The van der Waals surface area contributed by atoms with Gasteiger partial charge in [0, 0.05) is 24.2 Å². The van der Waals surface area contributed by atoms with Crippen LogP contribution in [0, 0.1) is 0 Å². The second-order valence-electron chi connectivity index (χ2n) is 5.89. The van der Waals surface area contributed by atoms with Crippen LogP contribution in [0.2, 0.25) is 0 Å². The molecule has 0 unspecified atom stereocenters. The normalized spacial score (nSPS) is 11.6. The zero-order chi connectivity index (χ0) is 14.8. The Bertz CT molecular complexity index is 603. The molecule has 0 aliphatic carbocycles. The van der Waals surface area contributed by atoms with Gasteiger partial charge in [-0.2, -0.15) is 0 Å². The number of hydrogen-bond donors (Lipinski definition) is 1. The molecule has 1 aromatic heterocycles. The van der Waals surface area contributed by atoms with Crippen molar-refractivity contribution in [3.8, 4) is 11.4 Å². The summed E-state index contributed by atoms with van der Waals surface area (Å²) in [6.07, 6.45) is 0. The van der Waals surface area contributed by atoms with Crippen molar-refractivity contribution < 1.29 is 4.74 Å². The quantitative estimate of drug-likeness (QED) is 0.931. The van der Waals surface area contributed by atoms with Crippen molar-refractivity contribution >= 4 is 5.82 Å². The fourth-order valence-electron chi connectivity index (χ4n) is 1.95. The lowest BCUT2D eigenvalue weighted by Crippen LogP contribution is -2.15. The molecule has 106 valence electrons. The van der Waals surface area contributed by atoms with Crippen LogP contribution in [-0.2, 0) is 16.8 Å². The van der Waals surface area contributed by atoms with Gasteiger partial charge < -0.3 is 10.5 Å². The molecule has 0 saturated carbocycles. The minimum Gasteiger partial charge on any atom is -0.384 e. The molecule has 0 radical (unpaired) electrons. The van der Waals surface area contributed by atoms with Crippen molar-refractivity contribution in [2.75, 3.05) is 12.8 Å². The number of methoxy groups -OCH3 is 1. The molecule has 1 aromatic carbocycles. The van der Waals surface area contributed by atoms with Crippen LogP contribution in [0.4, 0.5) is 5.82 Å². The molecule has 0 saturated heterocycles. The largest absolute Gasteiger partial charge is 0.384 e. The van der Waals surface area contributed by atoms with Gasteiger partial charge in [0.15, 0.2) is 5.82 Å². The van der Waals surface area contributed by atoms with E-state index in [1.807, 2.05) is 30.3 Å². The molecule has 0 aliphatic rings. The zero-order valence-electron chi connectivity index (χ0n) is 12.5. The van der Waals surface area contributed by atoms with Crippen LogP contribution < -0.4 is 5.73 Å². The van der Waals surface area contributed by atoms with E-state index in [4.69, 9.17) is 10.5 Å². The third-order valence-electron chi connectivity index (χ3n) is 3.01. The highest BCUT2D eigenvalue weighted by Crippen LogP contribution is 2.25. The highest BCUT2D eigenvalue weighted by Gasteiger charge is 2.18. The van der Waals surface area contributed by atoms with Gasteiger partial charge in [-0.3, -0.25) is 0 Å². The fourth-order valence-corrected chi connectivity index (χ4v) is 1.95. The number of anilines is 1. The lowest BCUT2D eigenvalue weighted by atomic mass is 9.92. The molecule has 0 spiro atoms. The molecule has 2 rings (SSSR count). The lowest BCUT2D eigenvalue weighted by Gasteiger charge is -2.18. The Morgan fingerprint density at radius 3 is 2.55 bits per heavy atom. The Morgan fingerprint density at radius 2 is 1.90 bits per heavy atom. The number of nitrogens with two attached hydrogens (primary N) is 1. The highest BCUT2D eigenvalue weighted by atomic mass is 16.5. The summed E-state index contributed by atoms with van der Waals surface area (Å²) in [7, 11) is 1.68. The topological polar surface area (TPSA) is 61.0 Å². The zero-order valence-corrected chi connectivity index (χ0v) is 12.5. The first-order chi connectivity index (χ1) is 9.40. The third-order valence-corrected chi connectivity index (χ3v) is 3.01. The molecule has 0 fully saturated rings. The van der Waals surface area contributed by atoms with Crippen LogP contribution >= 0.6 is 0 Å². The van der Waals surface area contributed by atoms with E-state index < -0.39 is 0 Å². The first kappa shape index (κ1) is 14.5. The molecule has 1 heterocycles. The maximum atomic E-state index is 5.91. The van der Waals surface area contributed by atoms with Gasteiger partial charge in [-0.05, 0) is 11.6 Å². The molecule has 2 N–H and O–H groups in total. The van der Waals surface area contributed by atoms with Crippen LogP contribution in [0.15, 0.2) is 30.3 Å². The van der Waals surface area contributed by atoms with Crippen LogP contribution in [0.3, 0.4) is 0 Å². The van der Waals surface area contributed by atoms with Crippen LogP contribution in [0.5, 0.6) is 0 Å². The Kier molecular flexibility index (Phi) is 4.04. The van der Waals surface area contributed by atoms with Crippen molar-refractivity contribution in [1.82, 2.24) is 9.97 Å². The highest BCUT2D eigenvalue weighted by molar-refractivity contribution is 5.58. The van der Waals surface area contributed by atoms with E-state index in [1.165, 1.54) is 0 Å². The first-order valence-corrected chi connectivity index (χ1v) is 6.63. The van der Waals surface area contributed by atoms with E-state index in [0.717, 1.165) is 16.8 Å². The van der Waals surface area contributed by atoms with E-state index in [-0.39, 0.29) is 5.41 Å². The van der Waals surface area contributed by atoms with E-state index >= 15 is 0 Å². The number of benzene rings is 1. The van der Waals surface area contributed by atoms with Gasteiger partial charge in [0.25, 0.3) is 0 Å². The minimum absolute atomic E-state index is 0.0596. The van der Waals surface area contributed by atoms with Crippen molar-refractivity contribution in [2.24, 2.45) is 0 Å². The van der Waals surface area contributed by atoms with Gasteiger partial charge in [0.2, 0.25) is 0 Å². The second kappa shape index (κ2) is 5.59. The molecule has 2 aromatic rings. The van der Waals surface area contributed by atoms with Gasteiger partial charge >= 0.3 is 0 Å². The number of aromatic nitrogens is 2. The van der Waals surface area contributed by atoms with Gasteiger partial charge in [-0.15, -0.1) is 0 Å². The SMILES string of the molecule is COCc1cccc(-c2nc(N)cc(C(C)(C)C)n2)c1. The maximum Gasteiger partial charge on any atom is 0.161 e. The van der Waals surface area contributed by atoms with Crippen molar-refractivity contribution in [3.05, 3.63) is 41.6 Å². The van der Waals surface area contributed by atoms with Crippen LogP contribution in [-0.4, -0.2) is 17.1 Å². The average Bonchev–Trinajstić information content (AvgIpc) is 2.38. The Balaban J connectivity index is 2.47. The Labute approximate surface area is 120 Å².